The molecule has 2 saturated carbocycles. The molecule has 0 radical (unpaired) electrons. The first-order chi connectivity index (χ1) is 13.3. The van der Waals surface area contributed by atoms with Crippen molar-refractivity contribution in [3.63, 3.8) is 0 Å². The van der Waals surface area contributed by atoms with Gasteiger partial charge in [0.05, 0.1) is 22.1 Å². The van der Waals surface area contributed by atoms with Gasteiger partial charge in [0, 0.05) is 5.02 Å². The van der Waals surface area contributed by atoms with Gasteiger partial charge in [0.2, 0.25) is 17.7 Å². The Morgan fingerprint density at radius 3 is 2.54 bits per heavy atom. The highest BCUT2D eigenvalue weighted by Crippen LogP contribution is 2.56. The van der Waals surface area contributed by atoms with Gasteiger partial charge in [-0.1, -0.05) is 22.9 Å². The number of nitrogens with zero attached hydrogens (tertiary/aromatic N) is 2. The normalized spacial score (nSPS) is 29.6. The van der Waals surface area contributed by atoms with Crippen molar-refractivity contribution in [3.8, 4) is 0 Å². The van der Waals surface area contributed by atoms with E-state index < -0.39 is 11.9 Å². The van der Waals surface area contributed by atoms with Crippen LogP contribution in [0.3, 0.4) is 0 Å². The van der Waals surface area contributed by atoms with Crippen LogP contribution in [0.2, 0.25) is 5.02 Å². The number of nitrogens with one attached hydrogen (secondary N) is 1. The van der Waals surface area contributed by atoms with Gasteiger partial charge in [-0.2, -0.15) is 0 Å². The molecule has 2 heterocycles. The number of carbonyl (C=O) groups excluding carboxylic acids is 3. The number of hydrogen-bond donors (Lipinski definition) is 1. The van der Waals surface area contributed by atoms with E-state index in [1.54, 1.807) is 13.0 Å². The Balaban J connectivity index is 1.36. The summed E-state index contributed by atoms with van der Waals surface area (Å²) in [5.41, 5.74) is 1.65. The summed E-state index contributed by atoms with van der Waals surface area (Å²) in [5, 5.41) is 3.83. The first kappa shape index (κ1) is 18.1. The third-order valence-corrected chi connectivity index (χ3v) is 7.97. The smallest absolute Gasteiger partial charge is 0.249 e. The first-order valence-electron chi connectivity index (χ1n) is 9.59. The number of benzene rings is 1. The van der Waals surface area contributed by atoms with Crippen LogP contribution in [-0.4, -0.2) is 33.6 Å². The molecule has 5 rings (SSSR count). The molecule has 1 aromatic carbocycles. The molecule has 3 amide bonds. The van der Waals surface area contributed by atoms with E-state index in [2.05, 4.69) is 10.3 Å². The summed E-state index contributed by atoms with van der Waals surface area (Å²) in [4.78, 5) is 44.2. The zero-order valence-electron chi connectivity index (χ0n) is 15.6. The van der Waals surface area contributed by atoms with Crippen LogP contribution in [-0.2, 0) is 14.4 Å². The Labute approximate surface area is 171 Å². The lowest BCUT2D eigenvalue weighted by molar-refractivity contribution is -0.146. The van der Waals surface area contributed by atoms with Crippen molar-refractivity contribution in [1.82, 2.24) is 9.88 Å². The number of thiazole rings is 1. The molecule has 5 unspecified atom stereocenters. The van der Waals surface area contributed by atoms with Crippen LogP contribution in [0.1, 0.15) is 31.7 Å². The Morgan fingerprint density at radius 1 is 1.25 bits per heavy atom. The molecule has 8 heteroatoms. The second kappa shape index (κ2) is 6.26. The quantitative estimate of drug-likeness (QED) is 0.773. The average Bonchev–Trinajstić information content (AvgIpc) is 3.39. The molecule has 28 heavy (non-hydrogen) atoms. The zero-order chi connectivity index (χ0) is 19.7. The van der Waals surface area contributed by atoms with E-state index in [9.17, 15) is 14.4 Å². The van der Waals surface area contributed by atoms with Gasteiger partial charge in [-0.3, -0.25) is 19.3 Å². The van der Waals surface area contributed by atoms with Crippen LogP contribution in [0, 0.1) is 30.6 Å². The molecule has 146 valence electrons. The number of hydrogen-bond acceptors (Lipinski definition) is 5. The monoisotopic (exact) mass is 417 g/mol. The zero-order valence-corrected chi connectivity index (χ0v) is 17.1. The lowest BCUT2D eigenvalue weighted by atomic mass is 9.81. The molecule has 0 spiro atoms. The Kier molecular flexibility index (Phi) is 4.04. The van der Waals surface area contributed by atoms with Crippen molar-refractivity contribution < 1.29 is 14.4 Å². The third kappa shape index (κ3) is 2.52. The molecule has 3 fully saturated rings. The maximum absolute atomic E-state index is 12.9. The SMILES string of the molecule is Cc1cc2sc(NC(=O)C(C)N3C(=O)C4C5CCC(C5)C4C3=O)nc2cc1Cl. The molecular weight excluding hydrogens is 398 g/mol. The first-order valence-corrected chi connectivity index (χ1v) is 10.8. The van der Waals surface area contributed by atoms with Crippen LogP contribution in [0.4, 0.5) is 5.13 Å². The number of halogens is 1. The van der Waals surface area contributed by atoms with E-state index in [1.165, 1.54) is 16.2 Å². The predicted molar refractivity (Wildman–Crippen MR) is 107 cm³/mol. The second-order valence-electron chi connectivity index (χ2n) is 8.18. The molecule has 2 aromatic rings. The lowest BCUT2D eigenvalue weighted by Gasteiger charge is -2.23. The number of amides is 3. The van der Waals surface area contributed by atoms with Crippen molar-refractivity contribution in [2.45, 2.75) is 39.2 Å². The lowest BCUT2D eigenvalue weighted by Crippen LogP contribution is -2.46. The Morgan fingerprint density at radius 2 is 1.89 bits per heavy atom. The summed E-state index contributed by atoms with van der Waals surface area (Å²) >= 11 is 7.49. The van der Waals surface area contributed by atoms with Gasteiger partial charge in [0.15, 0.2) is 5.13 Å². The molecule has 1 aromatic heterocycles. The topological polar surface area (TPSA) is 79.4 Å². The van der Waals surface area contributed by atoms with Crippen LogP contribution in [0.15, 0.2) is 12.1 Å². The Hall–Kier alpha value is -1.99. The van der Waals surface area contributed by atoms with Gasteiger partial charge < -0.3 is 5.32 Å². The number of anilines is 1. The summed E-state index contributed by atoms with van der Waals surface area (Å²) in [6, 6.07) is 2.85. The van der Waals surface area contributed by atoms with Crippen molar-refractivity contribution >= 4 is 56.0 Å². The molecule has 1 saturated heterocycles. The van der Waals surface area contributed by atoms with Gasteiger partial charge in [-0.05, 0) is 62.6 Å². The van der Waals surface area contributed by atoms with Crippen molar-refractivity contribution in [2.75, 3.05) is 5.32 Å². The number of aromatic nitrogens is 1. The number of rotatable bonds is 3. The molecule has 2 bridgehead atoms. The van der Waals surface area contributed by atoms with E-state index in [0.717, 1.165) is 29.5 Å². The van der Waals surface area contributed by atoms with Crippen LogP contribution >= 0.6 is 22.9 Å². The fourth-order valence-corrected chi connectivity index (χ4v) is 6.35. The molecule has 1 aliphatic heterocycles. The molecule has 5 atom stereocenters. The number of likely N-dealkylation sites (tertiary alicyclic amines) is 1. The van der Waals surface area contributed by atoms with Crippen LogP contribution in [0.25, 0.3) is 10.2 Å². The van der Waals surface area contributed by atoms with Crippen LogP contribution < -0.4 is 5.32 Å². The van der Waals surface area contributed by atoms with Gasteiger partial charge in [0.1, 0.15) is 6.04 Å². The summed E-state index contributed by atoms with van der Waals surface area (Å²) in [7, 11) is 0. The van der Waals surface area contributed by atoms with E-state index in [4.69, 9.17) is 11.6 Å². The third-order valence-electron chi connectivity index (χ3n) is 6.63. The minimum absolute atomic E-state index is 0.170. The van der Waals surface area contributed by atoms with E-state index in [-0.39, 0.29) is 23.7 Å². The molecule has 2 aliphatic carbocycles. The standard InChI is InChI=1S/C20H20ClN3O3S/c1-8-5-14-13(7-12(8)21)22-20(28-14)23-17(25)9(2)24-18(26)15-10-3-4-11(6-10)16(15)19(24)27/h5,7,9-11,15-16H,3-4,6H2,1-2H3,(H,22,23,25). The highest BCUT2D eigenvalue weighted by Gasteiger charge is 2.62. The van der Waals surface area contributed by atoms with Crippen molar-refractivity contribution in [2.24, 2.45) is 23.7 Å². The van der Waals surface area contributed by atoms with E-state index in [0.29, 0.717) is 27.5 Å². The fraction of sp³-hybridized carbons (Fsp3) is 0.500. The molecule has 1 N–H and O–H groups in total. The minimum Gasteiger partial charge on any atom is -0.300 e. The molecule has 3 aliphatic rings. The number of carbonyl (C=O) groups is 3. The van der Waals surface area contributed by atoms with E-state index in [1.807, 2.05) is 13.0 Å². The maximum Gasteiger partial charge on any atom is 0.249 e. The van der Waals surface area contributed by atoms with Crippen molar-refractivity contribution in [3.05, 3.63) is 22.7 Å². The molecular formula is C20H20ClN3O3S. The predicted octanol–water partition coefficient (Wildman–Crippen LogP) is 3.62. The fourth-order valence-electron chi connectivity index (χ4n) is 5.24. The van der Waals surface area contributed by atoms with Crippen molar-refractivity contribution in [1.29, 1.82) is 0 Å². The average molecular weight is 418 g/mol. The number of aryl methyl sites for hydroxylation is 1. The minimum atomic E-state index is -0.845. The van der Waals surface area contributed by atoms with E-state index >= 15 is 0 Å². The summed E-state index contributed by atoms with van der Waals surface area (Å²) in [6.45, 7) is 3.53. The maximum atomic E-state index is 12.9. The van der Waals surface area contributed by atoms with Gasteiger partial charge in [-0.15, -0.1) is 0 Å². The Bertz CT molecular complexity index is 968. The highest BCUT2D eigenvalue weighted by molar-refractivity contribution is 7.22. The summed E-state index contributed by atoms with van der Waals surface area (Å²) in [5.74, 6) is -0.542. The number of imide groups is 1. The van der Waals surface area contributed by atoms with Gasteiger partial charge in [0.25, 0.3) is 0 Å². The van der Waals surface area contributed by atoms with Gasteiger partial charge in [-0.25, -0.2) is 4.98 Å². The van der Waals surface area contributed by atoms with Gasteiger partial charge >= 0.3 is 0 Å². The van der Waals surface area contributed by atoms with Crippen LogP contribution in [0.5, 0.6) is 0 Å². The second-order valence-corrected chi connectivity index (χ2v) is 9.62. The molecule has 6 nitrogen and oxygen atoms in total. The highest BCUT2D eigenvalue weighted by atomic mass is 35.5. The summed E-state index contributed by atoms with van der Waals surface area (Å²) < 4.78 is 0.921. The number of fused-ring (bicyclic) bond motifs is 6. The largest absolute Gasteiger partial charge is 0.300 e. The summed E-state index contributed by atoms with van der Waals surface area (Å²) in [6.07, 6.45) is 3.02.